The van der Waals surface area contributed by atoms with Crippen molar-refractivity contribution in [3.8, 4) is 5.75 Å². The van der Waals surface area contributed by atoms with Crippen LogP contribution >= 0.6 is 0 Å². The topological polar surface area (TPSA) is 90.8 Å². The van der Waals surface area contributed by atoms with Crippen LogP contribution in [0.25, 0.3) is 10.9 Å². The number of carbonyl (C=O) groups excluding carboxylic acids is 1. The van der Waals surface area contributed by atoms with Gasteiger partial charge in [-0.15, -0.1) is 0 Å². The first-order valence-electron chi connectivity index (χ1n) is 8.89. The molecule has 4 rings (SSSR count). The Labute approximate surface area is 171 Å². The van der Waals surface area contributed by atoms with Gasteiger partial charge in [-0.1, -0.05) is 6.07 Å². The highest BCUT2D eigenvalue weighted by Gasteiger charge is 2.37. The van der Waals surface area contributed by atoms with E-state index in [4.69, 9.17) is 0 Å². The minimum atomic E-state index is -3.68. The molecule has 1 amide bonds. The Kier molecular flexibility index (Phi) is 4.61. The normalized spacial score (nSPS) is 13.7. The van der Waals surface area contributed by atoms with Gasteiger partial charge in [-0.2, -0.15) is 0 Å². The molecule has 0 saturated carbocycles. The zero-order valence-electron chi connectivity index (χ0n) is 16.1. The SMILES string of the molecule is CN(c1c2c(c(O)c3ncccc13)C(=O)N(Cc1ccc(F)c(F)c1)C2)S(C)(=O)=O. The average molecular weight is 433 g/mol. The van der Waals surface area contributed by atoms with Crippen molar-refractivity contribution in [3.05, 3.63) is 64.9 Å². The maximum Gasteiger partial charge on any atom is 0.258 e. The van der Waals surface area contributed by atoms with E-state index in [1.807, 2.05) is 0 Å². The van der Waals surface area contributed by atoms with Crippen LogP contribution in [0.4, 0.5) is 14.5 Å². The number of anilines is 1. The van der Waals surface area contributed by atoms with Gasteiger partial charge in [0.2, 0.25) is 10.0 Å². The number of aromatic nitrogens is 1. The zero-order valence-corrected chi connectivity index (χ0v) is 16.9. The largest absolute Gasteiger partial charge is 0.505 e. The fourth-order valence-electron chi connectivity index (χ4n) is 3.64. The Hall–Kier alpha value is -3.27. The summed E-state index contributed by atoms with van der Waals surface area (Å²) in [6, 6.07) is 6.53. The van der Waals surface area contributed by atoms with Crippen molar-refractivity contribution in [1.82, 2.24) is 9.88 Å². The first kappa shape index (κ1) is 20.0. The van der Waals surface area contributed by atoms with Crippen LogP contribution in [-0.4, -0.2) is 42.6 Å². The third kappa shape index (κ3) is 3.13. The van der Waals surface area contributed by atoms with Crippen LogP contribution in [0, 0.1) is 11.6 Å². The molecule has 1 aromatic heterocycles. The number of nitrogens with zero attached hydrogens (tertiary/aromatic N) is 3. The summed E-state index contributed by atoms with van der Waals surface area (Å²) in [5.74, 6) is -2.93. The van der Waals surface area contributed by atoms with Gasteiger partial charge in [-0.25, -0.2) is 17.2 Å². The van der Waals surface area contributed by atoms with Gasteiger partial charge in [0.25, 0.3) is 5.91 Å². The van der Waals surface area contributed by atoms with Crippen LogP contribution in [0.1, 0.15) is 21.5 Å². The third-order valence-electron chi connectivity index (χ3n) is 5.13. The third-order valence-corrected chi connectivity index (χ3v) is 6.31. The summed E-state index contributed by atoms with van der Waals surface area (Å²) in [4.78, 5) is 18.5. The summed E-state index contributed by atoms with van der Waals surface area (Å²) < 4.78 is 52.3. The number of halogens is 2. The summed E-state index contributed by atoms with van der Waals surface area (Å²) in [6.45, 7) is -0.0588. The van der Waals surface area contributed by atoms with Crippen molar-refractivity contribution in [1.29, 1.82) is 0 Å². The highest BCUT2D eigenvalue weighted by atomic mass is 32.2. The van der Waals surface area contributed by atoms with E-state index in [0.717, 1.165) is 22.7 Å². The second-order valence-electron chi connectivity index (χ2n) is 7.09. The predicted octanol–water partition coefficient (Wildman–Crippen LogP) is 2.77. The zero-order chi connectivity index (χ0) is 21.8. The molecular weight excluding hydrogens is 416 g/mol. The van der Waals surface area contributed by atoms with Crippen LogP contribution in [-0.2, 0) is 23.1 Å². The second-order valence-corrected chi connectivity index (χ2v) is 9.10. The maximum atomic E-state index is 13.6. The van der Waals surface area contributed by atoms with Gasteiger partial charge >= 0.3 is 0 Å². The number of phenolic OH excluding ortho intramolecular Hbond substituents is 1. The van der Waals surface area contributed by atoms with Gasteiger partial charge in [0.1, 0.15) is 5.52 Å². The molecule has 2 heterocycles. The van der Waals surface area contributed by atoms with Crippen LogP contribution in [0.15, 0.2) is 36.5 Å². The molecule has 1 aliphatic heterocycles. The van der Waals surface area contributed by atoms with E-state index in [2.05, 4.69) is 4.98 Å². The number of carbonyl (C=O) groups is 1. The number of benzene rings is 2. The number of hydrogen-bond acceptors (Lipinski definition) is 5. The molecule has 0 unspecified atom stereocenters. The van der Waals surface area contributed by atoms with Crippen molar-refractivity contribution < 1.29 is 27.1 Å². The Bertz CT molecular complexity index is 1310. The first-order valence-corrected chi connectivity index (χ1v) is 10.7. The smallest absolute Gasteiger partial charge is 0.258 e. The first-order chi connectivity index (χ1) is 14.1. The number of sulfonamides is 1. The minimum absolute atomic E-state index is 0.0131. The van der Waals surface area contributed by atoms with Crippen LogP contribution < -0.4 is 4.31 Å². The van der Waals surface area contributed by atoms with Crippen molar-refractivity contribution in [2.75, 3.05) is 17.6 Å². The molecule has 30 heavy (non-hydrogen) atoms. The average Bonchev–Trinajstić information content (AvgIpc) is 3.00. The molecule has 10 heteroatoms. The molecule has 0 bridgehead atoms. The van der Waals surface area contributed by atoms with E-state index in [1.165, 1.54) is 24.2 Å². The van der Waals surface area contributed by atoms with Crippen molar-refractivity contribution in [2.45, 2.75) is 13.1 Å². The Morgan fingerprint density at radius 1 is 1.23 bits per heavy atom. The summed E-state index contributed by atoms with van der Waals surface area (Å²) in [7, 11) is -2.33. The Balaban J connectivity index is 1.87. The van der Waals surface area contributed by atoms with Crippen molar-refractivity contribution in [3.63, 3.8) is 0 Å². The fourth-order valence-corrected chi connectivity index (χ4v) is 4.18. The molecule has 156 valence electrons. The van der Waals surface area contributed by atoms with Gasteiger partial charge in [-0.05, 0) is 29.8 Å². The fraction of sp³-hybridized carbons (Fsp3) is 0.200. The molecule has 0 atom stereocenters. The van der Waals surface area contributed by atoms with E-state index in [-0.39, 0.29) is 35.6 Å². The predicted molar refractivity (Wildman–Crippen MR) is 107 cm³/mol. The maximum absolute atomic E-state index is 13.6. The number of hydrogen-bond donors (Lipinski definition) is 1. The van der Waals surface area contributed by atoms with Crippen molar-refractivity contribution in [2.24, 2.45) is 0 Å². The van der Waals surface area contributed by atoms with Gasteiger partial charge in [-0.3, -0.25) is 14.1 Å². The van der Waals surface area contributed by atoms with Gasteiger partial charge < -0.3 is 10.0 Å². The molecule has 1 N–H and O–H groups in total. The molecule has 0 saturated heterocycles. The molecule has 0 radical (unpaired) electrons. The van der Waals surface area contributed by atoms with Gasteiger partial charge in [0.05, 0.1) is 17.5 Å². The van der Waals surface area contributed by atoms with Gasteiger partial charge in [0, 0.05) is 37.3 Å². The molecule has 0 aliphatic carbocycles. The standard InChI is InChI=1S/C20H17F2N3O4S/c1-24(30(2,28)29)18-12-4-3-7-23-17(12)19(26)16-13(18)10-25(20(16)27)9-11-5-6-14(21)15(22)8-11/h3-8,26H,9-10H2,1-2H3. The van der Waals surface area contributed by atoms with Crippen LogP contribution in [0.5, 0.6) is 5.75 Å². The molecule has 1 aliphatic rings. The van der Waals surface area contributed by atoms with E-state index in [1.54, 1.807) is 12.1 Å². The number of phenols is 1. The summed E-state index contributed by atoms with van der Waals surface area (Å²) >= 11 is 0. The monoisotopic (exact) mass is 433 g/mol. The van der Waals surface area contributed by atoms with E-state index in [0.29, 0.717) is 16.5 Å². The van der Waals surface area contributed by atoms with Gasteiger partial charge in [0.15, 0.2) is 17.4 Å². The molecule has 0 spiro atoms. The number of amides is 1. The number of pyridine rings is 1. The number of rotatable bonds is 4. The number of fused-ring (bicyclic) bond motifs is 2. The lowest BCUT2D eigenvalue weighted by Gasteiger charge is -2.22. The quantitative estimate of drug-likeness (QED) is 0.683. The molecule has 0 fully saturated rings. The van der Waals surface area contributed by atoms with E-state index in [9.17, 15) is 27.1 Å². The summed E-state index contributed by atoms with van der Waals surface area (Å²) in [6.07, 6.45) is 2.46. The van der Waals surface area contributed by atoms with Crippen LogP contribution in [0.2, 0.25) is 0 Å². The summed E-state index contributed by atoms with van der Waals surface area (Å²) in [5, 5.41) is 11.1. The Morgan fingerprint density at radius 3 is 2.63 bits per heavy atom. The minimum Gasteiger partial charge on any atom is -0.505 e. The highest BCUT2D eigenvalue weighted by molar-refractivity contribution is 7.92. The van der Waals surface area contributed by atoms with E-state index < -0.39 is 27.6 Å². The lowest BCUT2D eigenvalue weighted by molar-refractivity contribution is 0.0764. The van der Waals surface area contributed by atoms with E-state index >= 15 is 0 Å². The molecule has 2 aromatic carbocycles. The van der Waals surface area contributed by atoms with Crippen LogP contribution in [0.3, 0.4) is 0 Å². The second kappa shape index (κ2) is 6.91. The molecule has 3 aromatic rings. The highest BCUT2D eigenvalue weighted by Crippen LogP contribution is 2.44. The lowest BCUT2D eigenvalue weighted by Crippen LogP contribution is -2.26. The Morgan fingerprint density at radius 2 is 1.97 bits per heavy atom. The summed E-state index contributed by atoms with van der Waals surface area (Å²) in [5.41, 5.74) is 0.984. The molecule has 7 nitrogen and oxygen atoms in total. The molecular formula is C20H17F2N3O4S. The van der Waals surface area contributed by atoms with Crippen molar-refractivity contribution >= 4 is 32.5 Å². The number of aromatic hydroxyl groups is 1. The lowest BCUT2D eigenvalue weighted by atomic mass is 10.0.